The Morgan fingerprint density at radius 2 is 2.10 bits per heavy atom. The second kappa shape index (κ2) is 12.7. The van der Waals surface area contributed by atoms with Gasteiger partial charge in [-0.3, -0.25) is 0 Å². The maximum Gasteiger partial charge on any atom is 0.410 e. The first-order chi connectivity index (χ1) is 20.2. The largest absolute Gasteiger partial charge is 0.444 e. The summed E-state index contributed by atoms with van der Waals surface area (Å²) in [6.07, 6.45) is 13.3. The predicted molar refractivity (Wildman–Crippen MR) is 176 cm³/mol. The minimum atomic E-state index is -0.503. The molecule has 9 heteroatoms. The molecule has 0 fully saturated rings. The fraction of sp³-hybridized carbons (Fsp3) is 0.303. The van der Waals surface area contributed by atoms with Crippen molar-refractivity contribution in [3.05, 3.63) is 84.8 Å². The highest BCUT2D eigenvalue weighted by Crippen LogP contribution is 2.33. The number of H-pyrrole nitrogens is 1. The minimum Gasteiger partial charge on any atom is -0.444 e. The first-order valence-corrected chi connectivity index (χ1v) is 15.0. The molecule has 0 spiro atoms. The van der Waals surface area contributed by atoms with Crippen molar-refractivity contribution >= 4 is 60.8 Å². The molecule has 1 aliphatic rings. The van der Waals surface area contributed by atoms with E-state index < -0.39 is 5.60 Å². The van der Waals surface area contributed by atoms with Crippen LogP contribution in [0, 0.1) is 0 Å². The summed E-state index contributed by atoms with van der Waals surface area (Å²) in [6.45, 7) is 13.7. The number of thiazole rings is 1. The number of hydrogen-bond donors (Lipinski definition) is 3. The molecule has 3 N–H and O–H groups in total. The van der Waals surface area contributed by atoms with E-state index in [0.717, 1.165) is 68.4 Å². The summed E-state index contributed by atoms with van der Waals surface area (Å²) in [5.74, 6) is 0. The normalized spacial score (nSPS) is 14.2. The van der Waals surface area contributed by atoms with E-state index in [1.54, 1.807) is 22.4 Å². The lowest BCUT2D eigenvalue weighted by atomic mass is 10.0. The van der Waals surface area contributed by atoms with Crippen LogP contribution in [0.2, 0.25) is 0 Å². The van der Waals surface area contributed by atoms with Gasteiger partial charge < -0.3 is 25.3 Å². The number of carbonyl (C=O) groups excluding carboxylic acids is 1. The summed E-state index contributed by atoms with van der Waals surface area (Å²) in [6, 6.07) is 10.3. The van der Waals surface area contributed by atoms with E-state index in [4.69, 9.17) is 9.72 Å². The van der Waals surface area contributed by atoms with Crippen LogP contribution in [-0.2, 0) is 4.74 Å². The number of carbonyl (C=O) groups is 1. The smallest absolute Gasteiger partial charge is 0.410 e. The second-order valence-electron chi connectivity index (χ2n) is 11.3. The number of pyridine rings is 1. The van der Waals surface area contributed by atoms with Crippen molar-refractivity contribution in [3.8, 4) is 0 Å². The van der Waals surface area contributed by atoms with Gasteiger partial charge in [0.15, 0.2) is 5.13 Å². The van der Waals surface area contributed by atoms with Crippen LogP contribution in [0.1, 0.15) is 46.2 Å². The molecule has 0 aliphatic carbocycles. The van der Waals surface area contributed by atoms with Crippen LogP contribution in [0.3, 0.4) is 0 Å². The molecule has 8 nitrogen and oxygen atoms in total. The third-order valence-electron chi connectivity index (χ3n) is 6.76. The number of benzene rings is 1. The van der Waals surface area contributed by atoms with E-state index >= 15 is 0 Å². The molecule has 3 aromatic heterocycles. The Hall–Kier alpha value is -4.37. The molecule has 5 rings (SSSR count). The van der Waals surface area contributed by atoms with Gasteiger partial charge in [0, 0.05) is 42.6 Å². The van der Waals surface area contributed by atoms with Gasteiger partial charge in [0.05, 0.1) is 15.9 Å². The monoisotopic (exact) mass is 582 g/mol. The maximum atomic E-state index is 12.4. The Balaban J connectivity index is 1.25. The molecule has 0 bridgehead atoms. The number of allylic oxidation sites excluding steroid dienone is 4. The lowest BCUT2D eigenvalue weighted by Gasteiger charge is -2.29. The summed E-state index contributed by atoms with van der Waals surface area (Å²) in [4.78, 5) is 26.9. The average molecular weight is 583 g/mol. The van der Waals surface area contributed by atoms with Crippen molar-refractivity contribution in [2.24, 2.45) is 0 Å². The van der Waals surface area contributed by atoms with E-state index in [-0.39, 0.29) is 6.09 Å². The van der Waals surface area contributed by atoms with Gasteiger partial charge in [0.1, 0.15) is 11.2 Å². The number of nitrogens with zero attached hydrogens (tertiary/aromatic N) is 3. The SMILES string of the molecule is C=C(/C=C\C=C/C)CCNc1nc2ccc(Nc3ccnc4[nH]c(C5=CCN(C(=O)OC(C)(C)C)CC5)cc34)cc2s1. The van der Waals surface area contributed by atoms with E-state index in [9.17, 15) is 4.79 Å². The molecule has 0 saturated heterocycles. The van der Waals surface area contributed by atoms with Crippen molar-refractivity contribution in [2.45, 2.75) is 46.1 Å². The third-order valence-corrected chi connectivity index (χ3v) is 7.74. The Morgan fingerprint density at radius 1 is 1.24 bits per heavy atom. The van der Waals surface area contributed by atoms with Gasteiger partial charge in [0.25, 0.3) is 0 Å². The van der Waals surface area contributed by atoms with Crippen LogP contribution in [0.15, 0.2) is 79.1 Å². The lowest BCUT2D eigenvalue weighted by Crippen LogP contribution is -2.39. The minimum absolute atomic E-state index is 0.276. The fourth-order valence-corrected chi connectivity index (χ4v) is 5.60. The van der Waals surface area contributed by atoms with Gasteiger partial charge in [-0.15, -0.1) is 0 Å². The van der Waals surface area contributed by atoms with E-state index in [0.29, 0.717) is 13.1 Å². The first-order valence-electron chi connectivity index (χ1n) is 14.2. The molecule has 0 saturated carbocycles. The Morgan fingerprint density at radius 3 is 2.86 bits per heavy atom. The number of ether oxygens (including phenoxy) is 1. The fourth-order valence-electron chi connectivity index (χ4n) is 4.66. The van der Waals surface area contributed by atoms with Gasteiger partial charge in [-0.25, -0.2) is 14.8 Å². The number of anilines is 3. The van der Waals surface area contributed by atoms with Crippen LogP contribution in [0.5, 0.6) is 0 Å². The van der Waals surface area contributed by atoms with Gasteiger partial charge in [-0.05, 0) is 76.4 Å². The molecule has 1 aliphatic heterocycles. The summed E-state index contributed by atoms with van der Waals surface area (Å²) in [5, 5.41) is 8.92. The molecule has 42 heavy (non-hydrogen) atoms. The predicted octanol–water partition coefficient (Wildman–Crippen LogP) is 8.43. The lowest BCUT2D eigenvalue weighted by molar-refractivity contribution is 0.0270. The molecule has 1 aromatic carbocycles. The molecular formula is C33H38N6O2S. The number of hydrogen-bond acceptors (Lipinski definition) is 7. The van der Waals surface area contributed by atoms with E-state index in [1.165, 1.54) is 5.57 Å². The number of nitrogens with one attached hydrogen (secondary N) is 3. The van der Waals surface area contributed by atoms with Gasteiger partial charge in [-0.1, -0.05) is 53.9 Å². The quantitative estimate of drug-likeness (QED) is 0.171. The number of amides is 1. The Bertz CT molecular complexity index is 1690. The number of aromatic amines is 1. The number of rotatable bonds is 9. The number of fused-ring (bicyclic) bond motifs is 2. The van der Waals surface area contributed by atoms with Gasteiger partial charge >= 0.3 is 6.09 Å². The molecule has 4 aromatic rings. The molecule has 218 valence electrons. The van der Waals surface area contributed by atoms with Crippen LogP contribution in [0.25, 0.3) is 26.8 Å². The topological polar surface area (TPSA) is 95.2 Å². The molecule has 1 amide bonds. The van der Waals surface area contributed by atoms with Crippen molar-refractivity contribution in [3.63, 3.8) is 0 Å². The Kier molecular flexibility index (Phi) is 8.77. The van der Waals surface area contributed by atoms with Gasteiger partial charge in [-0.2, -0.15) is 0 Å². The van der Waals surface area contributed by atoms with Crippen LogP contribution in [-0.4, -0.2) is 51.2 Å². The Labute approximate surface area is 250 Å². The molecule has 0 radical (unpaired) electrons. The second-order valence-corrected chi connectivity index (χ2v) is 12.3. The van der Waals surface area contributed by atoms with Crippen molar-refractivity contribution in [1.82, 2.24) is 19.9 Å². The summed E-state index contributed by atoms with van der Waals surface area (Å²) >= 11 is 1.64. The average Bonchev–Trinajstić information content (AvgIpc) is 3.57. The first kappa shape index (κ1) is 29.1. The highest BCUT2D eigenvalue weighted by atomic mass is 32.1. The van der Waals surface area contributed by atoms with Crippen molar-refractivity contribution < 1.29 is 9.53 Å². The van der Waals surface area contributed by atoms with Crippen LogP contribution < -0.4 is 10.6 Å². The summed E-state index contributed by atoms with van der Waals surface area (Å²) in [7, 11) is 0. The van der Waals surface area contributed by atoms with Crippen LogP contribution >= 0.6 is 11.3 Å². The van der Waals surface area contributed by atoms with Crippen molar-refractivity contribution in [2.75, 3.05) is 30.3 Å². The maximum absolute atomic E-state index is 12.4. The summed E-state index contributed by atoms with van der Waals surface area (Å²) in [5.41, 5.74) is 6.50. The van der Waals surface area contributed by atoms with Crippen molar-refractivity contribution in [1.29, 1.82) is 0 Å². The zero-order chi connectivity index (χ0) is 29.7. The van der Waals surface area contributed by atoms with Gasteiger partial charge in [0.2, 0.25) is 0 Å². The van der Waals surface area contributed by atoms with E-state index in [2.05, 4.69) is 51.5 Å². The molecule has 0 atom stereocenters. The van der Waals surface area contributed by atoms with Crippen LogP contribution in [0.4, 0.5) is 21.3 Å². The zero-order valence-electron chi connectivity index (χ0n) is 24.7. The number of aromatic nitrogens is 3. The highest BCUT2D eigenvalue weighted by molar-refractivity contribution is 7.22. The molecule has 4 heterocycles. The highest BCUT2D eigenvalue weighted by Gasteiger charge is 2.24. The third kappa shape index (κ3) is 7.28. The molecular weight excluding hydrogens is 544 g/mol. The molecule has 0 unspecified atom stereocenters. The standard InChI is InChI=1S/C33H38N6O2S/c1-6-7-8-9-22(2)12-16-35-31-38-27-11-10-24(20-29(27)42-31)36-26-13-17-34-30-25(26)21-28(37-30)23-14-18-39(19-15-23)32(40)41-33(3,4)5/h6-11,13-14,17,20-21H,2,12,15-16,18-19H2,1,3-5H3,(H,35,38)(H2,34,36,37)/b7-6-,9-8-. The van der Waals surface area contributed by atoms with E-state index in [1.807, 2.05) is 64.1 Å². The summed E-state index contributed by atoms with van der Waals surface area (Å²) < 4.78 is 6.63. The zero-order valence-corrected chi connectivity index (χ0v) is 25.5.